The predicted molar refractivity (Wildman–Crippen MR) is 84.3 cm³/mol. The fraction of sp³-hybridized carbons (Fsp3) is 0. The van der Waals surface area contributed by atoms with E-state index >= 15 is 0 Å². The van der Waals surface area contributed by atoms with Gasteiger partial charge in [-0.05, 0) is 48.5 Å². The van der Waals surface area contributed by atoms with Crippen molar-refractivity contribution in [2.75, 3.05) is 0 Å². The van der Waals surface area contributed by atoms with Gasteiger partial charge in [0.15, 0.2) is 0 Å². The zero-order chi connectivity index (χ0) is 15.2. The SMILES string of the molecule is O=C(NONC(=O)c1ccc(Br)cc1)c1ccc(Br)cc1. The monoisotopic (exact) mass is 412 g/mol. The highest BCUT2D eigenvalue weighted by molar-refractivity contribution is 9.10. The summed E-state index contributed by atoms with van der Waals surface area (Å²) < 4.78 is 1.73. The maximum Gasteiger partial charge on any atom is 0.276 e. The van der Waals surface area contributed by atoms with Crippen LogP contribution in [0.3, 0.4) is 0 Å². The zero-order valence-electron chi connectivity index (χ0n) is 10.6. The standard InChI is InChI=1S/C14H10Br2N2O3/c15-11-5-1-9(2-6-11)13(19)17-21-18-14(20)10-3-7-12(16)8-4-10/h1-8H,(H,17,19)(H,18,20). The van der Waals surface area contributed by atoms with Gasteiger partial charge in [0.1, 0.15) is 0 Å². The molecule has 2 rings (SSSR count). The maximum atomic E-state index is 11.7. The summed E-state index contributed by atoms with van der Waals surface area (Å²) in [5, 5.41) is 0. The highest BCUT2D eigenvalue weighted by Gasteiger charge is 2.08. The van der Waals surface area contributed by atoms with Crippen molar-refractivity contribution in [2.24, 2.45) is 0 Å². The van der Waals surface area contributed by atoms with E-state index in [0.717, 1.165) is 8.95 Å². The largest absolute Gasteiger partial charge is 0.276 e. The van der Waals surface area contributed by atoms with E-state index in [1.54, 1.807) is 48.5 Å². The van der Waals surface area contributed by atoms with Crippen molar-refractivity contribution in [3.05, 3.63) is 68.6 Å². The predicted octanol–water partition coefficient (Wildman–Crippen LogP) is 3.22. The lowest BCUT2D eigenvalue weighted by atomic mass is 10.2. The van der Waals surface area contributed by atoms with Gasteiger partial charge in [0, 0.05) is 20.1 Å². The normalized spacial score (nSPS) is 10.0. The van der Waals surface area contributed by atoms with Crippen molar-refractivity contribution >= 4 is 43.7 Å². The van der Waals surface area contributed by atoms with Gasteiger partial charge in [0.25, 0.3) is 11.8 Å². The highest BCUT2D eigenvalue weighted by atomic mass is 79.9. The molecule has 108 valence electrons. The molecule has 21 heavy (non-hydrogen) atoms. The molecule has 0 aliphatic heterocycles. The van der Waals surface area contributed by atoms with Crippen LogP contribution < -0.4 is 11.0 Å². The number of hydrogen-bond acceptors (Lipinski definition) is 3. The molecule has 0 fully saturated rings. The number of hydroxylamine groups is 2. The van der Waals surface area contributed by atoms with Crippen LogP contribution in [0.5, 0.6) is 0 Å². The van der Waals surface area contributed by atoms with Gasteiger partial charge in [0.2, 0.25) is 0 Å². The minimum atomic E-state index is -0.460. The lowest BCUT2D eigenvalue weighted by Gasteiger charge is -2.07. The number of nitrogens with one attached hydrogen (secondary N) is 2. The van der Waals surface area contributed by atoms with E-state index in [-0.39, 0.29) is 0 Å². The molecule has 5 nitrogen and oxygen atoms in total. The lowest BCUT2D eigenvalue weighted by Crippen LogP contribution is -2.34. The van der Waals surface area contributed by atoms with Crippen molar-refractivity contribution in [2.45, 2.75) is 0 Å². The molecular weight excluding hydrogens is 404 g/mol. The topological polar surface area (TPSA) is 67.4 Å². The Bertz CT molecular complexity index is 585. The van der Waals surface area contributed by atoms with Gasteiger partial charge < -0.3 is 0 Å². The van der Waals surface area contributed by atoms with Crippen LogP contribution in [0.1, 0.15) is 20.7 Å². The third-order valence-electron chi connectivity index (χ3n) is 2.50. The molecule has 2 aromatic carbocycles. The first-order valence-electron chi connectivity index (χ1n) is 5.84. The van der Waals surface area contributed by atoms with Gasteiger partial charge in [0.05, 0.1) is 0 Å². The maximum absolute atomic E-state index is 11.7. The number of halogens is 2. The minimum absolute atomic E-state index is 0.413. The molecule has 0 aromatic heterocycles. The van der Waals surface area contributed by atoms with Crippen LogP contribution in [-0.2, 0) is 4.94 Å². The fourth-order valence-electron chi connectivity index (χ4n) is 1.44. The summed E-state index contributed by atoms with van der Waals surface area (Å²) in [6.07, 6.45) is 0. The summed E-state index contributed by atoms with van der Waals surface area (Å²) in [6.45, 7) is 0. The van der Waals surface area contributed by atoms with E-state index in [4.69, 9.17) is 4.94 Å². The third kappa shape index (κ3) is 4.66. The number of carbonyl (C=O) groups is 2. The van der Waals surface area contributed by atoms with Crippen molar-refractivity contribution in [1.29, 1.82) is 0 Å². The molecule has 0 bridgehead atoms. The van der Waals surface area contributed by atoms with Gasteiger partial charge in [-0.3, -0.25) is 9.59 Å². The first kappa shape index (κ1) is 15.7. The van der Waals surface area contributed by atoms with Gasteiger partial charge >= 0.3 is 0 Å². The van der Waals surface area contributed by atoms with Crippen LogP contribution in [-0.4, -0.2) is 11.8 Å². The van der Waals surface area contributed by atoms with Gasteiger partial charge in [-0.25, -0.2) is 11.0 Å². The molecule has 0 unspecified atom stereocenters. The van der Waals surface area contributed by atoms with Crippen molar-refractivity contribution in [3.8, 4) is 0 Å². The average molecular weight is 414 g/mol. The molecule has 2 aromatic rings. The Morgan fingerprint density at radius 3 is 1.38 bits per heavy atom. The van der Waals surface area contributed by atoms with E-state index in [1.165, 1.54) is 0 Å². The van der Waals surface area contributed by atoms with E-state index < -0.39 is 11.8 Å². The molecule has 0 aliphatic carbocycles. The van der Waals surface area contributed by atoms with E-state index in [1.807, 2.05) is 0 Å². The Hall–Kier alpha value is -1.70. The molecule has 0 aliphatic rings. The highest BCUT2D eigenvalue weighted by Crippen LogP contribution is 2.11. The minimum Gasteiger partial charge on any atom is -0.267 e. The Morgan fingerprint density at radius 1 is 0.714 bits per heavy atom. The summed E-state index contributed by atoms with van der Waals surface area (Å²) >= 11 is 6.55. The molecule has 2 amide bonds. The lowest BCUT2D eigenvalue weighted by molar-refractivity contribution is -0.0184. The number of hydrogen-bond donors (Lipinski definition) is 2. The van der Waals surface area contributed by atoms with Crippen LogP contribution >= 0.6 is 31.9 Å². The molecule has 0 heterocycles. The third-order valence-corrected chi connectivity index (χ3v) is 3.56. The number of carbonyl (C=O) groups excluding carboxylic acids is 2. The second kappa shape index (κ2) is 7.35. The molecule has 0 saturated heterocycles. The second-order valence-electron chi connectivity index (χ2n) is 3.98. The quantitative estimate of drug-likeness (QED) is 0.756. The Balaban J connectivity index is 1.83. The number of amides is 2. The average Bonchev–Trinajstić information content (AvgIpc) is 2.48. The first-order chi connectivity index (χ1) is 10.1. The Labute approximate surface area is 137 Å². The summed E-state index contributed by atoms with van der Waals surface area (Å²) in [6, 6.07) is 13.4. The van der Waals surface area contributed by atoms with Crippen LogP contribution in [0.25, 0.3) is 0 Å². The van der Waals surface area contributed by atoms with Crippen LogP contribution in [0.15, 0.2) is 57.5 Å². The molecule has 0 saturated carbocycles. The van der Waals surface area contributed by atoms with Crippen LogP contribution in [0, 0.1) is 0 Å². The smallest absolute Gasteiger partial charge is 0.267 e. The molecule has 0 atom stereocenters. The van der Waals surface area contributed by atoms with E-state index in [9.17, 15) is 9.59 Å². The van der Waals surface area contributed by atoms with E-state index in [2.05, 4.69) is 42.8 Å². The molecule has 0 spiro atoms. The van der Waals surface area contributed by atoms with Crippen LogP contribution in [0.4, 0.5) is 0 Å². The number of benzene rings is 2. The Kier molecular flexibility index (Phi) is 5.49. The van der Waals surface area contributed by atoms with Gasteiger partial charge in [-0.15, -0.1) is 0 Å². The van der Waals surface area contributed by atoms with Gasteiger partial charge in [-0.2, -0.15) is 4.94 Å². The van der Waals surface area contributed by atoms with Crippen molar-refractivity contribution in [3.63, 3.8) is 0 Å². The second-order valence-corrected chi connectivity index (χ2v) is 5.81. The summed E-state index contributed by atoms with van der Waals surface area (Å²) in [5.74, 6) is -0.919. The molecule has 2 N–H and O–H groups in total. The summed E-state index contributed by atoms with van der Waals surface area (Å²) in [4.78, 5) is 28.1. The first-order valence-corrected chi connectivity index (χ1v) is 7.42. The fourth-order valence-corrected chi connectivity index (χ4v) is 1.97. The number of rotatable bonds is 4. The zero-order valence-corrected chi connectivity index (χ0v) is 13.8. The van der Waals surface area contributed by atoms with Crippen LogP contribution in [0.2, 0.25) is 0 Å². The van der Waals surface area contributed by atoms with Crippen molar-refractivity contribution < 1.29 is 14.5 Å². The van der Waals surface area contributed by atoms with E-state index in [0.29, 0.717) is 11.1 Å². The summed E-state index contributed by atoms with van der Waals surface area (Å²) in [5.41, 5.74) is 5.10. The Morgan fingerprint density at radius 2 is 1.05 bits per heavy atom. The van der Waals surface area contributed by atoms with Crippen molar-refractivity contribution in [1.82, 2.24) is 11.0 Å². The molecule has 7 heteroatoms. The summed E-state index contributed by atoms with van der Waals surface area (Å²) in [7, 11) is 0. The van der Waals surface area contributed by atoms with Gasteiger partial charge in [-0.1, -0.05) is 31.9 Å². The molecular formula is C14H10Br2N2O3. The molecule has 0 radical (unpaired) electrons.